The second kappa shape index (κ2) is 5.99. The van der Waals surface area contributed by atoms with E-state index >= 15 is 0 Å². The molecule has 2 heterocycles. The molecule has 0 N–H and O–H groups in total. The van der Waals surface area contributed by atoms with Crippen LogP contribution in [0.5, 0.6) is 0 Å². The van der Waals surface area contributed by atoms with Gasteiger partial charge in [-0.1, -0.05) is 12.1 Å². The van der Waals surface area contributed by atoms with Crippen LogP contribution in [-0.2, 0) is 9.59 Å². The molecule has 0 unspecified atom stereocenters. The number of likely N-dealkylation sites (tertiary alicyclic amines) is 1. The van der Waals surface area contributed by atoms with Crippen molar-refractivity contribution in [2.24, 2.45) is 5.41 Å². The molecule has 2 saturated heterocycles. The fourth-order valence-electron chi connectivity index (χ4n) is 4.33. The van der Waals surface area contributed by atoms with Gasteiger partial charge in [0.25, 0.3) is 0 Å². The van der Waals surface area contributed by atoms with E-state index in [0.29, 0.717) is 12.5 Å². The lowest BCUT2D eigenvalue weighted by molar-refractivity contribution is -0.128. The Labute approximate surface area is 143 Å². The average molecular weight is 326 g/mol. The molecule has 0 bridgehead atoms. The van der Waals surface area contributed by atoms with Crippen LogP contribution in [0.1, 0.15) is 50.5 Å². The Morgan fingerprint density at radius 1 is 1.08 bits per heavy atom. The Kier molecular flexibility index (Phi) is 3.95. The Bertz CT molecular complexity index is 640. The molecule has 1 aliphatic carbocycles. The Morgan fingerprint density at radius 2 is 1.71 bits per heavy atom. The first-order valence-corrected chi connectivity index (χ1v) is 9.21. The molecule has 128 valence electrons. The maximum absolute atomic E-state index is 13.1. The van der Waals surface area contributed by atoms with E-state index in [1.807, 2.05) is 4.90 Å². The first kappa shape index (κ1) is 15.8. The standard InChI is InChI=1S/C20H26N2O2/c1-15(23)14-21-11-8-20(9-12-21)10-13-22(19(20)24)18-6-4-17(5-7-18)16-2-3-16/h4-7,16H,2-3,8-14H2,1H3. The summed E-state index contributed by atoms with van der Waals surface area (Å²) < 4.78 is 0. The van der Waals surface area contributed by atoms with Gasteiger partial charge in [0.05, 0.1) is 12.0 Å². The van der Waals surface area contributed by atoms with Crippen LogP contribution in [0, 0.1) is 5.41 Å². The zero-order valence-electron chi connectivity index (χ0n) is 14.5. The molecule has 4 nitrogen and oxygen atoms in total. The molecule has 3 fully saturated rings. The molecule has 24 heavy (non-hydrogen) atoms. The monoisotopic (exact) mass is 326 g/mol. The molecule has 0 radical (unpaired) electrons. The van der Waals surface area contributed by atoms with Gasteiger partial charge in [0.1, 0.15) is 5.78 Å². The van der Waals surface area contributed by atoms with Gasteiger partial charge < -0.3 is 4.90 Å². The maximum atomic E-state index is 13.1. The molecular formula is C20H26N2O2. The summed E-state index contributed by atoms with van der Waals surface area (Å²) in [4.78, 5) is 28.5. The highest BCUT2D eigenvalue weighted by Crippen LogP contribution is 2.44. The number of carbonyl (C=O) groups is 2. The summed E-state index contributed by atoms with van der Waals surface area (Å²) in [6.07, 6.45) is 5.33. The van der Waals surface area contributed by atoms with Crippen molar-refractivity contribution in [1.82, 2.24) is 4.90 Å². The van der Waals surface area contributed by atoms with Crippen molar-refractivity contribution in [2.75, 3.05) is 31.1 Å². The van der Waals surface area contributed by atoms with Crippen molar-refractivity contribution in [3.8, 4) is 0 Å². The minimum absolute atomic E-state index is 0.192. The van der Waals surface area contributed by atoms with Gasteiger partial charge in [0.2, 0.25) is 5.91 Å². The second-order valence-electron chi connectivity index (χ2n) is 7.83. The minimum atomic E-state index is -0.192. The lowest BCUT2D eigenvalue weighted by Crippen LogP contribution is -2.45. The summed E-state index contributed by atoms with van der Waals surface area (Å²) in [5, 5.41) is 0. The summed E-state index contributed by atoms with van der Waals surface area (Å²) in [5.41, 5.74) is 2.27. The largest absolute Gasteiger partial charge is 0.312 e. The van der Waals surface area contributed by atoms with E-state index in [9.17, 15) is 9.59 Å². The van der Waals surface area contributed by atoms with Crippen molar-refractivity contribution in [1.29, 1.82) is 0 Å². The predicted octanol–water partition coefficient (Wildman–Crippen LogP) is 2.97. The fourth-order valence-corrected chi connectivity index (χ4v) is 4.33. The van der Waals surface area contributed by atoms with Crippen LogP contribution in [0.2, 0.25) is 0 Å². The van der Waals surface area contributed by atoms with Gasteiger partial charge >= 0.3 is 0 Å². The van der Waals surface area contributed by atoms with E-state index in [-0.39, 0.29) is 11.2 Å². The number of amides is 1. The molecule has 2 aliphatic heterocycles. The van der Waals surface area contributed by atoms with E-state index < -0.39 is 0 Å². The van der Waals surface area contributed by atoms with Crippen LogP contribution in [-0.4, -0.2) is 42.8 Å². The summed E-state index contributed by atoms with van der Waals surface area (Å²) >= 11 is 0. The van der Waals surface area contributed by atoms with Gasteiger partial charge in [-0.2, -0.15) is 0 Å². The molecule has 0 atom stereocenters. The number of Topliss-reactive ketones (excluding diaryl/α,β-unsaturated/α-hetero) is 1. The summed E-state index contributed by atoms with van der Waals surface area (Å²) in [7, 11) is 0. The number of carbonyl (C=O) groups excluding carboxylic acids is 2. The van der Waals surface area contributed by atoms with E-state index in [1.165, 1.54) is 18.4 Å². The van der Waals surface area contributed by atoms with Crippen LogP contribution < -0.4 is 4.90 Å². The van der Waals surface area contributed by atoms with Crippen molar-refractivity contribution >= 4 is 17.4 Å². The summed E-state index contributed by atoms with van der Waals surface area (Å²) in [5.74, 6) is 1.26. The van der Waals surface area contributed by atoms with Gasteiger partial charge in [0.15, 0.2) is 0 Å². The molecular weight excluding hydrogens is 300 g/mol. The van der Waals surface area contributed by atoms with Crippen LogP contribution in [0.25, 0.3) is 0 Å². The highest BCUT2D eigenvalue weighted by molar-refractivity contribution is 6.00. The van der Waals surface area contributed by atoms with Crippen LogP contribution >= 0.6 is 0 Å². The van der Waals surface area contributed by atoms with Crippen molar-refractivity contribution in [3.63, 3.8) is 0 Å². The van der Waals surface area contributed by atoms with Gasteiger partial charge in [-0.25, -0.2) is 0 Å². The Hall–Kier alpha value is -1.68. The molecule has 1 aromatic carbocycles. The van der Waals surface area contributed by atoms with Crippen LogP contribution in [0.4, 0.5) is 5.69 Å². The molecule has 4 heteroatoms. The SMILES string of the molecule is CC(=O)CN1CCC2(CC1)CCN(c1ccc(C3CC3)cc1)C2=O. The van der Waals surface area contributed by atoms with Gasteiger partial charge in [-0.3, -0.25) is 14.5 Å². The zero-order chi connectivity index (χ0) is 16.7. The van der Waals surface area contributed by atoms with E-state index in [2.05, 4.69) is 29.2 Å². The average Bonchev–Trinajstić information content (AvgIpc) is 3.37. The molecule has 1 spiro atoms. The van der Waals surface area contributed by atoms with Gasteiger partial charge in [0, 0.05) is 12.2 Å². The first-order chi connectivity index (χ1) is 11.6. The smallest absolute Gasteiger partial charge is 0.233 e. The van der Waals surface area contributed by atoms with E-state index in [1.54, 1.807) is 6.92 Å². The maximum Gasteiger partial charge on any atom is 0.233 e. The zero-order valence-corrected chi connectivity index (χ0v) is 14.5. The number of benzene rings is 1. The molecule has 3 aliphatic rings. The fraction of sp³-hybridized carbons (Fsp3) is 0.600. The first-order valence-electron chi connectivity index (χ1n) is 9.21. The van der Waals surface area contributed by atoms with Gasteiger partial charge in [-0.05, 0) is 75.7 Å². The molecule has 1 amide bonds. The highest BCUT2D eigenvalue weighted by atomic mass is 16.2. The predicted molar refractivity (Wildman–Crippen MR) is 94.2 cm³/mol. The number of piperidine rings is 1. The third kappa shape index (κ3) is 2.88. The van der Waals surface area contributed by atoms with Crippen LogP contribution in [0.3, 0.4) is 0 Å². The topological polar surface area (TPSA) is 40.6 Å². The highest BCUT2D eigenvalue weighted by Gasteiger charge is 2.48. The lowest BCUT2D eigenvalue weighted by Gasteiger charge is -2.37. The van der Waals surface area contributed by atoms with E-state index in [4.69, 9.17) is 0 Å². The lowest BCUT2D eigenvalue weighted by atomic mass is 9.77. The number of rotatable bonds is 4. The number of anilines is 1. The number of hydrogen-bond donors (Lipinski definition) is 0. The van der Waals surface area contributed by atoms with Crippen molar-refractivity contribution in [3.05, 3.63) is 29.8 Å². The molecule has 0 aromatic heterocycles. The number of hydrogen-bond acceptors (Lipinski definition) is 3. The normalized spacial score (nSPS) is 23.9. The third-order valence-corrected chi connectivity index (χ3v) is 6.03. The molecule has 4 rings (SSSR count). The molecule has 1 aromatic rings. The summed E-state index contributed by atoms with van der Waals surface area (Å²) in [6.45, 7) is 4.71. The van der Waals surface area contributed by atoms with Gasteiger partial charge in [-0.15, -0.1) is 0 Å². The summed E-state index contributed by atoms with van der Waals surface area (Å²) in [6, 6.07) is 8.63. The molecule has 1 saturated carbocycles. The van der Waals surface area contributed by atoms with E-state index in [0.717, 1.165) is 50.5 Å². The Morgan fingerprint density at radius 3 is 2.29 bits per heavy atom. The van der Waals surface area contributed by atoms with Crippen molar-refractivity contribution in [2.45, 2.75) is 44.9 Å². The minimum Gasteiger partial charge on any atom is -0.312 e. The number of nitrogens with zero attached hydrogens (tertiary/aromatic N) is 2. The quantitative estimate of drug-likeness (QED) is 0.854. The third-order valence-electron chi connectivity index (χ3n) is 6.03. The second-order valence-corrected chi connectivity index (χ2v) is 7.83. The van der Waals surface area contributed by atoms with Crippen molar-refractivity contribution < 1.29 is 9.59 Å². The Balaban J connectivity index is 1.43. The number of ketones is 1. The van der Waals surface area contributed by atoms with Crippen LogP contribution in [0.15, 0.2) is 24.3 Å².